The fourth-order valence-corrected chi connectivity index (χ4v) is 4.60. The molecule has 3 aromatic rings. The summed E-state index contributed by atoms with van der Waals surface area (Å²) in [5, 5.41) is 4.37. The third-order valence-corrected chi connectivity index (χ3v) is 6.31. The van der Waals surface area contributed by atoms with Crippen LogP contribution in [0.2, 0.25) is 10.2 Å². The summed E-state index contributed by atoms with van der Waals surface area (Å²) in [7, 11) is 0. The highest BCUT2D eigenvalue weighted by atomic mass is 35.5. The van der Waals surface area contributed by atoms with E-state index in [1.807, 2.05) is 47.9 Å². The number of Topliss-reactive ketones (excluding diaryl/α,β-unsaturated/α-hetero) is 1. The number of carbonyl (C=O) groups is 2. The number of benzene rings is 2. The van der Waals surface area contributed by atoms with Crippen molar-refractivity contribution >= 4 is 45.8 Å². The number of hydrogen-bond acceptors (Lipinski definition) is 3. The molecule has 4 rings (SSSR count). The minimum Gasteiger partial charge on any atom is -0.494 e. The zero-order chi connectivity index (χ0) is 22.0. The minimum absolute atomic E-state index is 0.0524. The molecule has 1 N–H and O–H groups in total. The van der Waals surface area contributed by atoms with Gasteiger partial charge >= 0.3 is 0 Å². The second-order valence-electron chi connectivity index (χ2n) is 7.77. The van der Waals surface area contributed by atoms with Crippen molar-refractivity contribution in [2.24, 2.45) is 0 Å². The van der Waals surface area contributed by atoms with Gasteiger partial charge in [-0.3, -0.25) is 9.59 Å². The van der Waals surface area contributed by atoms with Gasteiger partial charge in [0.15, 0.2) is 0 Å². The standard InChI is InChI=1S/C24H24Cl2N2O3/c1-2-31-18-11-12-20-19(13-18)21(22(29)24(30)27-17-5-3-4-6-17)23(26)28(20)14-15-7-9-16(25)10-8-15/h7-13,17H,2-6,14H2,1H3,(H,27,30). The van der Waals surface area contributed by atoms with Gasteiger partial charge in [0.05, 0.1) is 17.7 Å². The zero-order valence-corrected chi connectivity index (χ0v) is 18.8. The van der Waals surface area contributed by atoms with Gasteiger partial charge in [0.1, 0.15) is 10.9 Å². The highest BCUT2D eigenvalue weighted by Crippen LogP contribution is 2.34. The Morgan fingerprint density at radius 2 is 1.81 bits per heavy atom. The first kappa shape index (κ1) is 21.7. The van der Waals surface area contributed by atoms with Gasteiger partial charge in [0, 0.05) is 23.0 Å². The van der Waals surface area contributed by atoms with E-state index in [1.54, 1.807) is 6.07 Å². The molecule has 0 unspecified atom stereocenters. The molecular formula is C24H24Cl2N2O3. The van der Waals surface area contributed by atoms with Gasteiger partial charge in [0.2, 0.25) is 0 Å². The number of nitrogens with one attached hydrogen (secondary N) is 1. The van der Waals surface area contributed by atoms with E-state index in [0.717, 1.165) is 36.8 Å². The van der Waals surface area contributed by atoms with Crippen molar-refractivity contribution in [2.75, 3.05) is 6.61 Å². The summed E-state index contributed by atoms with van der Waals surface area (Å²) in [4.78, 5) is 25.9. The molecule has 1 aliphatic carbocycles. The Hall–Kier alpha value is -2.50. The summed E-state index contributed by atoms with van der Waals surface area (Å²) in [6.45, 7) is 2.83. The van der Waals surface area contributed by atoms with Crippen molar-refractivity contribution in [3.8, 4) is 5.75 Å². The van der Waals surface area contributed by atoms with Crippen molar-refractivity contribution in [1.29, 1.82) is 0 Å². The molecule has 162 valence electrons. The Balaban J connectivity index is 1.75. The van der Waals surface area contributed by atoms with E-state index in [-0.39, 0.29) is 16.8 Å². The van der Waals surface area contributed by atoms with Gasteiger partial charge in [-0.1, -0.05) is 48.2 Å². The predicted octanol–water partition coefficient (Wildman–Crippen LogP) is 5.64. The Bertz CT molecular complexity index is 1120. The maximum absolute atomic E-state index is 13.2. The number of ketones is 1. The maximum atomic E-state index is 13.2. The molecule has 1 heterocycles. The molecule has 1 saturated carbocycles. The quantitative estimate of drug-likeness (QED) is 0.368. The summed E-state index contributed by atoms with van der Waals surface area (Å²) < 4.78 is 7.46. The fraction of sp³-hybridized carbons (Fsp3) is 0.333. The summed E-state index contributed by atoms with van der Waals surface area (Å²) in [5.74, 6) is -0.605. The monoisotopic (exact) mass is 458 g/mol. The third-order valence-electron chi connectivity index (χ3n) is 5.66. The molecule has 1 aliphatic rings. The molecule has 0 bridgehead atoms. The van der Waals surface area contributed by atoms with E-state index in [0.29, 0.717) is 29.3 Å². The third kappa shape index (κ3) is 4.58. The molecular weight excluding hydrogens is 435 g/mol. The lowest BCUT2D eigenvalue weighted by Crippen LogP contribution is -2.37. The SMILES string of the molecule is CCOc1ccc2c(c1)c(C(=O)C(=O)NC1CCCC1)c(Cl)n2Cc1ccc(Cl)cc1. The molecule has 0 atom stereocenters. The molecule has 0 saturated heterocycles. The fourth-order valence-electron chi connectivity index (χ4n) is 4.14. The number of fused-ring (bicyclic) bond motifs is 1. The lowest BCUT2D eigenvalue weighted by molar-refractivity contribution is -0.117. The zero-order valence-electron chi connectivity index (χ0n) is 17.3. The van der Waals surface area contributed by atoms with Crippen LogP contribution >= 0.6 is 23.2 Å². The topological polar surface area (TPSA) is 60.3 Å². The maximum Gasteiger partial charge on any atom is 0.292 e. The normalized spacial score (nSPS) is 14.2. The highest BCUT2D eigenvalue weighted by Gasteiger charge is 2.29. The van der Waals surface area contributed by atoms with E-state index in [2.05, 4.69) is 5.32 Å². The largest absolute Gasteiger partial charge is 0.494 e. The summed E-state index contributed by atoms with van der Waals surface area (Å²) in [5.41, 5.74) is 1.95. The Labute approximate surface area is 191 Å². The molecule has 5 nitrogen and oxygen atoms in total. The van der Waals surface area contributed by atoms with Gasteiger partial charge in [-0.05, 0) is 55.7 Å². The van der Waals surface area contributed by atoms with Gasteiger partial charge in [-0.2, -0.15) is 0 Å². The van der Waals surface area contributed by atoms with Gasteiger partial charge in [0.25, 0.3) is 11.7 Å². The van der Waals surface area contributed by atoms with Gasteiger partial charge in [-0.25, -0.2) is 0 Å². The number of nitrogens with zero attached hydrogens (tertiary/aromatic N) is 1. The number of amides is 1. The molecule has 0 aliphatic heterocycles. The lowest BCUT2D eigenvalue weighted by atomic mass is 10.1. The van der Waals surface area contributed by atoms with E-state index < -0.39 is 11.7 Å². The molecule has 1 amide bonds. The van der Waals surface area contributed by atoms with Gasteiger partial charge in [-0.15, -0.1) is 0 Å². The first-order valence-electron chi connectivity index (χ1n) is 10.5. The van der Waals surface area contributed by atoms with Crippen LogP contribution in [0.3, 0.4) is 0 Å². The van der Waals surface area contributed by atoms with Gasteiger partial charge < -0.3 is 14.6 Å². The number of carbonyl (C=O) groups excluding carboxylic acids is 2. The summed E-state index contributed by atoms with van der Waals surface area (Å²) in [6, 6.07) is 13.0. The van der Waals surface area contributed by atoms with Crippen molar-refractivity contribution < 1.29 is 14.3 Å². The number of halogens is 2. The molecule has 0 radical (unpaired) electrons. The Morgan fingerprint density at radius 1 is 1.10 bits per heavy atom. The van der Waals surface area contributed by atoms with Crippen LogP contribution < -0.4 is 10.1 Å². The van der Waals surface area contributed by atoms with Crippen LogP contribution in [0.1, 0.15) is 48.5 Å². The van der Waals surface area contributed by atoms with Crippen LogP contribution in [0.4, 0.5) is 0 Å². The smallest absolute Gasteiger partial charge is 0.292 e. The predicted molar refractivity (Wildman–Crippen MR) is 123 cm³/mol. The minimum atomic E-state index is -0.620. The summed E-state index contributed by atoms with van der Waals surface area (Å²) in [6.07, 6.45) is 3.94. The summed E-state index contributed by atoms with van der Waals surface area (Å²) >= 11 is 12.7. The highest BCUT2D eigenvalue weighted by molar-refractivity contribution is 6.49. The Morgan fingerprint density at radius 3 is 2.48 bits per heavy atom. The molecule has 7 heteroatoms. The molecule has 1 aromatic heterocycles. The second-order valence-corrected chi connectivity index (χ2v) is 8.57. The van der Waals surface area contributed by atoms with Crippen molar-refractivity contribution in [3.63, 3.8) is 0 Å². The average molecular weight is 459 g/mol. The van der Waals surface area contributed by atoms with Crippen molar-refractivity contribution in [3.05, 3.63) is 63.8 Å². The second kappa shape index (κ2) is 9.33. The number of ether oxygens (including phenoxy) is 1. The first-order chi connectivity index (χ1) is 15.0. The van der Waals surface area contributed by atoms with E-state index in [1.165, 1.54) is 0 Å². The van der Waals surface area contributed by atoms with Crippen LogP contribution in [-0.4, -0.2) is 28.9 Å². The molecule has 0 spiro atoms. The van der Waals surface area contributed by atoms with E-state index >= 15 is 0 Å². The van der Waals surface area contributed by atoms with Crippen LogP contribution in [0.25, 0.3) is 10.9 Å². The first-order valence-corrected chi connectivity index (χ1v) is 11.3. The Kier molecular flexibility index (Phi) is 6.54. The average Bonchev–Trinajstić information content (AvgIpc) is 3.35. The van der Waals surface area contributed by atoms with Crippen LogP contribution in [0.5, 0.6) is 5.75 Å². The van der Waals surface area contributed by atoms with Crippen LogP contribution in [0, 0.1) is 0 Å². The van der Waals surface area contributed by atoms with Crippen LogP contribution in [-0.2, 0) is 11.3 Å². The number of hydrogen-bond donors (Lipinski definition) is 1. The van der Waals surface area contributed by atoms with E-state index in [4.69, 9.17) is 27.9 Å². The van der Waals surface area contributed by atoms with E-state index in [9.17, 15) is 9.59 Å². The number of aromatic nitrogens is 1. The molecule has 2 aromatic carbocycles. The van der Waals surface area contributed by atoms with Crippen molar-refractivity contribution in [1.82, 2.24) is 9.88 Å². The molecule has 31 heavy (non-hydrogen) atoms. The van der Waals surface area contributed by atoms with Crippen LogP contribution in [0.15, 0.2) is 42.5 Å². The van der Waals surface area contributed by atoms with Crippen molar-refractivity contribution in [2.45, 2.75) is 45.2 Å². The number of rotatable bonds is 7. The lowest BCUT2D eigenvalue weighted by Gasteiger charge is -2.11. The molecule has 1 fully saturated rings.